The van der Waals surface area contributed by atoms with Gasteiger partial charge in [0.25, 0.3) is 0 Å². The van der Waals surface area contributed by atoms with Crippen molar-refractivity contribution in [1.82, 2.24) is 0 Å². The van der Waals surface area contributed by atoms with Crippen LogP contribution in [-0.4, -0.2) is 51.6 Å². The molecule has 40 heavy (non-hydrogen) atoms. The minimum absolute atomic E-state index is 0.118. The van der Waals surface area contributed by atoms with Crippen LogP contribution in [0.4, 0.5) is 0 Å². The van der Waals surface area contributed by atoms with Crippen molar-refractivity contribution in [1.29, 1.82) is 0 Å². The number of rotatable bonds is 11. The minimum Gasteiger partial charge on any atom is -0.496 e. The van der Waals surface area contributed by atoms with Crippen molar-refractivity contribution in [2.45, 2.75) is 0 Å². The number of carbonyl (C=O) groups is 4. The third-order valence-electron chi connectivity index (χ3n) is 6.33. The summed E-state index contributed by atoms with van der Waals surface area (Å²) in [6.07, 6.45) is 0. The first-order valence-corrected chi connectivity index (χ1v) is 12.1. The molecule has 0 radical (unpaired) electrons. The summed E-state index contributed by atoms with van der Waals surface area (Å²) in [5, 5.41) is 0. The molecule has 8 nitrogen and oxygen atoms in total. The molecule has 0 atom stereocenters. The van der Waals surface area contributed by atoms with Gasteiger partial charge >= 0.3 is 0 Å². The lowest BCUT2D eigenvalue weighted by molar-refractivity contribution is 0.0817. The second kappa shape index (κ2) is 12.1. The number of Topliss-reactive ketones (excluding diaryl/α,β-unsaturated/α-hetero) is 2. The van der Waals surface area contributed by atoms with Crippen molar-refractivity contribution < 1.29 is 38.1 Å². The van der Waals surface area contributed by atoms with Crippen molar-refractivity contribution in [2.24, 2.45) is 0 Å². The second-order valence-corrected chi connectivity index (χ2v) is 8.55. The number of ether oxygens (including phenoxy) is 4. The molecule has 0 aliphatic rings. The first-order chi connectivity index (χ1) is 19.3. The quantitative estimate of drug-likeness (QED) is 0.188. The monoisotopic (exact) mass is 538 g/mol. The number of hydrogen-bond acceptors (Lipinski definition) is 8. The molecule has 0 aliphatic carbocycles. The molecule has 8 heteroatoms. The Labute approximate surface area is 231 Å². The van der Waals surface area contributed by atoms with E-state index in [1.165, 1.54) is 77.0 Å². The van der Waals surface area contributed by atoms with Crippen molar-refractivity contribution in [3.05, 3.63) is 118 Å². The molecule has 0 aromatic heterocycles. The van der Waals surface area contributed by atoms with Gasteiger partial charge in [0.05, 0.1) is 28.4 Å². The van der Waals surface area contributed by atoms with Gasteiger partial charge in [-0.15, -0.1) is 0 Å². The number of hydrogen-bond donors (Lipinski definition) is 0. The van der Waals surface area contributed by atoms with Gasteiger partial charge in [0, 0.05) is 22.3 Å². The van der Waals surface area contributed by atoms with Gasteiger partial charge in [0.1, 0.15) is 34.1 Å². The highest BCUT2D eigenvalue weighted by atomic mass is 16.5. The molecule has 4 aromatic carbocycles. The zero-order valence-electron chi connectivity index (χ0n) is 22.3. The molecule has 4 aromatic rings. The van der Waals surface area contributed by atoms with Crippen molar-refractivity contribution >= 4 is 23.1 Å². The van der Waals surface area contributed by atoms with Gasteiger partial charge in [-0.25, -0.2) is 0 Å². The lowest BCUT2D eigenvalue weighted by Gasteiger charge is -2.12. The summed E-state index contributed by atoms with van der Waals surface area (Å²) in [5.41, 5.74) is 1.33. The standard InChI is InChI=1S/C32H26O8/c1-37-23-7-5-8-24(38-2)27(23)29(33)19-11-15-21(16-12-19)31(35)32(36)22-17-13-20(14-18-22)30(34)28-25(39-3)9-6-10-26(28)40-4/h5-18H,1-4H3. The number of benzene rings is 4. The molecule has 0 saturated carbocycles. The van der Waals surface area contributed by atoms with Crippen molar-refractivity contribution in [3.63, 3.8) is 0 Å². The van der Waals surface area contributed by atoms with Gasteiger partial charge in [-0.2, -0.15) is 0 Å². The van der Waals surface area contributed by atoms with E-state index in [0.717, 1.165) is 0 Å². The summed E-state index contributed by atoms with van der Waals surface area (Å²) in [6.45, 7) is 0. The Balaban J connectivity index is 1.53. The Hall–Kier alpha value is -5.24. The van der Waals surface area contributed by atoms with E-state index < -0.39 is 11.6 Å². The average molecular weight is 539 g/mol. The lowest BCUT2D eigenvalue weighted by Crippen LogP contribution is -2.15. The average Bonchev–Trinajstić information content (AvgIpc) is 3.02. The van der Waals surface area contributed by atoms with E-state index in [1.54, 1.807) is 36.4 Å². The van der Waals surface area contributed by atoms with Crippen LogP contribution in [0.2, 0.25) is 0 Å². The molecular formula is C32H26O8. The summed E-state index contributed by atoms with van der Waals surface area (Å²) >= 11 is 0. The van der Waals surface area contributed by atoms with Crippen LogP contribution in [-0.2, 0) is 0 Å². The van der Waals surface area contributed by atoms with Gasteiger partial charge in [0.15, 0.2) is 0 Å². The summed E-state index contributed by atoms with van der Waals surface area (Å²) in [4.78, 5) is 52.2. The summed E-state index contributed by atoms with van der Waals surface area (Å²) in [5.74, 6) is -0.801. The van der Waals surface area contributed by atoms with Gasteiger partial charge in [-0.1, -0.05) is 60.7 Å². The molecule has 0 saturated heterocycles. The highest BCUT2D eigenvalue weighted by molar-refractivity contribution is 6.49. The molecule has 0 heterocycles. The zero-order valence-corrected chi connectivity index (χ0v) is 22.3. The van der Waals surface area contributed by atoms with Gasteiger partial charge in [0.2, 0.25) is 23.1 Å². The Morgan fingerprint density at radius 3 is 0.900 bits per heavy atom. The van der Waals surface area contributed by atoms with Crippen LogP contribution in [0, 0.1) is 0 Å². The molecule has 0 N–H and O–H groups in total. The van der Waals surface area contributed by atoms with E-state index in [1.807, 2.05) is 0 Å². The molecule has 4 rings (SSSR count). The predicted octanol–water partition coefficient (Wildman–Crippen LogP) is 5.25. The minimum atomic E-state index is -0.751. The van der Waals surface area contributed by atoms with Gasteiger partial charge < -0.3 is 18.9 Å². The Morgan fingerprint density at radius 2 is 0.650 bits per heavy atom. The summed E-state index contributed by atoms with van der Waals surface area (Å²) < 4.78 is 21.2. The highest BCUT2D eigenvalue weighted by Gasteiger charge is 2.24. The van der Waals surface area contributed by atoms with Crippen LogP contribution in [0.5, 0.6) is 23.0 Å². The van der Waals surface area contributed by atoms with Crippen LogP contribution >= 0.6 is 0 Å². The Morgan fingerprint density at radius 1 is 0.400 bits per heavy atom. The van der Waals surface area contributed by atoms with E-state index in [9.17, 15) is 19.2 Å². The van der Waals surface area contributed by atoms with Crippen LogP contribution in [0.25, 0.3) is 0 Å². The normalized spacial score (nSPS) is 10.4. The topological polar surface area (TPSA) is 105 Å². The SMILES string of the molecule is COc1cccc(OC)c1C(=O)c1ccc(C(=O)C(=O)c2ccc(C(=O)c3c(OC)cccc3OC)cc2)cc1. The zero-order chi connectivity index (χ0) is 28.8. The first-order valence-electron chi connectivity index (χ1n) is 12.1. The van der Waals surface area contributed by atoms with Crippen LogP contribution in [0.1, 0.15) is 52.6 Å². The number of carbonyl (C=O) groups excluding carboxylic acids is 4. The van der Waals surface area contributed by atoms with Crippen LogP contribution in [0.3, 0.4) is 0 Å². The molecule has 0 unspecified atom stereocenters. The molecular weight excluding hydrogens is 512 g/mol. The molecule has 0 bridgehead atoms. The third-order valence-corrected chi connectivity index (χ3v) is 6.33. The van der Waals surface area contributed by atoms with E-state index in [0.29, 0.717) is 34.1 Å². The molecule has 0 spiro atoms. The number of methoxy groups -OCH3 is 4. The molecule has 0 amide bonds. The largest absolute Gasteiger partial charge is 0.496 e. The number of ketones is 4. The van der Waals surface area contributed by atoms with Gasteiger partial charge in [-0.3, -0.25) is 19.2 Å². The fraction of sp³-hybridized carbons (Fsp3) is 0.125. The first kappa shape index (κ1) is 27.8. The van der Waals surface area contributed by atoms with E-state index in [-0.39, 0.29) is 33.8 Å². The molecule has 0 aliphatic heterocycles. The summed E-state index contributed by atoms with van der Waals surface area (Å²) in [6, 6.07) is 21.6. The van der Waals surface area contributed by atoms with E-state index in [4.69, 9.17) is 18.9 Å². The predicted molar refractivity (Wildman–Crippen MR) is 148 cm³/mol. The smallest absolute Gasteiger partial charge is 0.233 e. The van der Waals surface area contributed by atoms with Crippen molar-refractivity contribution in [3.8, 4) is 23.0 Å². The second-order valence-electron chi connectivity index (χ2n) is 8.55. The maximum Gasteiger partial charge on any atom is 0.233 e. The maximum atomic E-state index is 13.2. The van der Waals surface area contributed by atoms with Gasteiger partial charge in [-0.05, 0) is 24.3 Å². The molecule has 202 valence electrons. The fourth-order valence-electron chi connectivity index (χ4n) is 4.25. The van der Waals surface area contributed by atoms with Crippen molar-refractivity contribution in [2.75, 3.05) is 28.4 Å². The fourth-order valence-corrected chi connectivity index (χ4v) is 4.25. The highest BCUT2D eigenvalue weighted by Crippen LogP contribution is 2.32. The van der Waals surface area contributed by atoms with Crippen LogP contribution in [0.15, 0.2) is 84.9 Å². The third kappa shape index (κ3) is 5.33. The maximum absolute atomic E-state index is 13.2. The Bertz CT molecular complexity index is 1420. The van der Waals surface area contributed by atoms with Crippen LogP contribution < -0.4 is 18.9 Å². The van der Waals surface area contributed by atoms with E-state index >= 15 is 0 Å². The summed E-state index contributed by atoms with van der Waals surface area (Å²) in [7, 11) is 5.82. The Kier molecular flexibility index (Phi) is 8.39. The lowest BCUT2D eigenvalue weighted by atomic mass is 9.95. The molecule has 0 fully saturated rings. The van der Waals surface area contributed by atoms with E-state index in [2.05, 4.69) is 0 Å².